The standard InChI is InChI=1S/C24H41NO6Si/c1-4-29-32(30-5-2,31-6-3)20-25(22-13-9-7-10-14-22)19-21(24(26)27)17-18-28-23-15-11-8-12-16-23/h8,11-12,15-16,21-22H,4-7,9-10,13-14,17-20H2,1-3H3,(H,26,27). The van der Waals surface area contributed by atoms with Crippen LogP contribution in [-0.4, -0.2) is 70.0 Å². The third-order valence-electron chi connectivity index (χ3n) is 5.86. The molecule has 1 aromatic rings. The van der Waals surface area contributed by atoms with Crippen molar-refractivity contribution in [3.63, 3.8) is 0 Å². The Morgan fingerprint density at radius 3 is 2.16 bits per heavy atom. The molecule has 1 aliphatic rings. The maximum Gasteiger partial charge on any atom is 0.515 e. The molecule has 0 spiro atoms. The smallest absolute Gasteiger partial charge is 0.494 e. The minimum absolute atomic E-state index is 0.328. The van der Waals surface area contributed by atoms with Crippen molar-refractivity contribution >= 4 is 14.8 Å². The van der Waals surface area contributed by atoms with E-state index in [0.29, 0.717) is 51.6 Å². The van der Waals surface area contributed by atoms with E-state index in [0.717, 1.165) is 18.6 Å². The van der Waals surface area contributed by atoms with Crippen molar-refractivity contribution in [3.8, 4) is 5.75 Å². The lowest BCUT2D eigenvalue weighted by Crippen LogP contribution is -2.58. The monoisotopic (exact) mass is 467 g/mol. The summed E-state index contributed by atoms with van der Waals surface area (Å²) in [5, 5.41) is 9.96. The Hall–Kier alpha value is -1.45. The predicted molar refractivity (Wildman–Crippen MR) is 127 cm³/mol. The van der Waals surface area contributed by atoms with Gasteiger partial charge in [-0.05, 0) is 52.2 Å². The summed E-state index contributed by atoms with van der Waals surface area (Å²) in [7, 11) is -2.93. The van der Waals surface area contributed by atoms with Gasteiger partial charge in [-0.15, -0.1) is 0 Å². The molecule has 182 valence electrons. The Bertz CT molecular complexity index is 624. The molecule has 0 radical (unpaired) electrons. The highest BCUT2D eigenvalue weighted by atomic mass is 28.4. The number of carboxylic acids is 1. The molecule has 1 N–H and O–H groups in total. The van der Waals surface area contributed by atoms with Crippen molar-refractivity contribution < 1.29 is 27.9 Å². The number of carbonyl (C=O) groups is 1. The molecular weight excluding hydrogens is 426 g/mol. The molecule has 1 fully saturated rings. The van der Waals surface area contributed by atoms with E-state index in [4.69, 9.17) is 18.0 Å². The highest BCUT2D eigenvalue weighted by molar-refractivity contribution is 6.60. The van der Waals surface area contributed by atoms with Crippen molar-refractivity contribution in [1.29, 1.82) is 0 Å². The second-order valence-corrected chi connectivity index (χ2v) is 10.7. The lowest BCUT2D eigenvalue weighted by atomic mass is 9.93. The van der Waals surface area contributed by atoms with Crippen molar-refractivity contribution in [2.75, 3.05) is 39.1 Å². The Balaban J connectivity index is 2.12. The highest BCUT2D eigenvalue weighted by Gasteiger charge is 2.44. The molecule has 0 aliphatic heterocycles. The van der Waals surface area contributed by atoms with E-state index in [2.05, 4.69) is 4.90 Å². The van der Waals surface area contributed by atoms with E-state index < -0.39 is 20.7 Å². The van der Waals surface area contributed by atoms with Crippen molar-refractivity contribution in [2.45, 2.75) is 65.3 Å². The molecule has 2 rings (SSSR count). The van der Waals surface area contributed by atoms with Gasteiger partial charge in [-0.3, -0.25) is 9.69 Å². The number of aliphatic carboxylic acids is 1. The third-order valence-corrected chi connectivity index (χ3v) is 8.84. The molecule has 1 unspecified atom stereocenters. The molecule has 7 nitrogen and oxygen atoms in total. The van der Waals surface area contributed by atoms with Gasteiger partial charge in [-0.2, -0.15) is 0 Å². The lowest BCUT2D eigenvalue weighted by molar-refractivity contribution is -0.143. The van der Waals surface area contributed by atoms with Crippen LogP contribution in [-0.2, 0) is 18.1 Å². The number of ether oxygens (including phenoxy) is 1. The van der Waals surface area contributed by atoms with Gasteiger partial charge >= 0.3 is 14.8 Å². The maximum atomic E-state index is 12.1. The Morgan fingerprint density at radius 1 is 1.03 bits per heavy atom. The first-order chi connectivity index (χ1) is 15.5. The molecule has 0 bridgehead atoms. The maximum absolute atomic E-state index is 12.1. The fourth-order valence-corrected chi connectivity index (χ4v) is 7.10. The molecule has 0 aromatic heterocycles. The molecule has 1 saturated carbocycles. The Kier molecular flexibility index (Phi) is 12.3. The average Bonchev–Trinajstić information content (AvgIpc) is 2.79. The number of benzene rings is 1. The number of hydrogen-bond donors (Lipinski definition) is 1. The van der Waals surface area contributed by atoms with E-state index >= 15 is 0 Å². The van der Waals surface area contributed by atoms with E-state index in [1.165, 1.54) is 19.3 Å². The number of hydrogen-bond acceptors (Lipinski definition) is 6. The van der Waals surface area contributed by atoms with Crippen molar-refractivity contribution in [1.82, 2.24) is 4.90 Å². The van der Waals surface area contributed by atoms with Crippen LogP contribution in [0.5, 0.6) is 5.75 Å². The van der Waals surface area contributed by atoms with E-state index in [-0.39, 0.29) is 0 Å². The van der Waals surface area contributed by atoms with Crippen LogP contribution in [0.3, 0.4) is 0 Å². The van der Waals surface area contributed by atoms with Crippen LogP contribution in [0.15, 0.2) is 30.3 Å². The van der Waals surface area contributed by atoms with Crippen LogP contribution in [0, 0.1) is 5.92 Å². The first kappa shape index (κ1) is 26.8. The molecule has 1 aliphatic carbocycles. The quantitative estimate of drug-likeness (QED) is 0.362. The van der Waals surface area contributed by atoms with E-state index in [1.54, 1.807) is 0 Å². The van der Waals surface area contributed by atoms with Gasteiger partial charge < -0.3 is 23.1 Å². The minimum Gasteiger partial charge on any atom is -0.494 e. The normalized spacial score (nSPS) is 16.2. The summed E-state index contributed by atoms with van der Waals surface area (Å²) < 4.78 is 24.1. The van der Waals surface area contributed by atoms with E-state index in [9.17, 15) is 9.90 Å². The number of nitrogens with zero attached hydrogens (tertiary/aromatic N) is 1. The van der Waals surface area contributed by atoms with Gasteiger partial charge in [0.25, 0.3) is 0 Å². The fourth-order valence-electron chi connectivity index (χ4n) is 4.37. The molecule has 8 heteroatoms. The summed E-state index contributed by atoms with van der Waals surface area (Å²) in [6, 6.07) is 9.85. The molecule has 0 heterocycles. The van der Waals surface area contributed by atoms with Gasteiger partial charge in [0.1, 0.15) is 5.75 Å². The van der Waals surface area contributed by atoms with Gasteiger partial charge in [0, 0.05) is 32.4 Å². The number of rotatable bonds is 16. The largest absolute Gasteiger partial charge is 0.515 e. The summed E-state index contributed by atoms with van der Waals surface area (Å²) >= 11 is 0. The average molecular weight is 468 g/mol. The summed E-state index contributed by atoms with van der Waals surface area (Å²) in [5.74, 6) is -0.563. The minimum atomic E-state index is -2.93. The zero-order chi connectivity index (χ0) is 23.2. The summed E-state index contributed by atoms with van der Waals surface area (Å²) in [4.78, 5) is 14.4. The van der Waals surface area contributed by atoms with Crippen LogP contribution in [0.2, 0.25) is 0 Å². The van der Waals surface area contributed by atoms with Crippen molar-refractivity contribution in [3.05, 3.63) is 30.3 Å². The van der Waals surface area contributed by atoms with E-state index in [1.807, 2.05) is 51.1 Å². The van der Waals surface area contributed by atoms with Gasteiger partial charge in [0.2, 0.25) is 0 Å². The van der Waals surface area contributed by atoms with Crippen LogP contribution in [0.25, 0.3) is 0 Å². The van der Waals surface area contributed by atoms with Crippen molar-refractivity contribution in [2.24, 2.45) is 5.92 Å². The van der Waals surface area contributed by atoms with Gasteiger partial charge in [0.15, 0.2) is 0 Å². The second kappa shape index (κ2) is 14.6. The molecule has 1 atom stereocenters. The SMILES string of the molecule is CCO[Si](CN(CC(CCOc1ccccc1)C(=O)O)C1CCCCC1)(OCC)OCC. The van der Waals surface area contributed by atoms with Crippen LogP contribution in [0.4, 0.5) is 0 Å². The topological polar surface area (TPSA) is 77.5 Å². The van der Waals surface area contributed by atoms with Gasteiger partial charge in [0.05, 0.1) is 18.7 Å². The fraction of sp³-hybridized carbons (Fsp3) is 0.708. The van der Waals surface area contributed by atoms with Crippen LogP contribution in [0.1, 0.15) is 59.3 Å². The first-order valence-electron chi connectivity index (χ1n) is 12.1. The molecule has 1 aromatic carbocycles. The lowest BCUT2D eigenvalue weighted by Gasteiger charge is -2.40. The van der Waals surface area contributed by atoms with Crippen LogP contribution < -0.4 is 4.74 Å². The Labute approximate surface area is 194 Å². The zero-order valence-electron chi connectivity index (χ0n) is 20.0. The molecular formula is C24H41NO6Si. The zero-order valence-corrected chi connectivity index (χ0v) is 21.0. The number of carboxylic acid groups (broad SMARTS) is 1. The Morgan fingerprint density at radius 2 is 1.62 bits per heavy atom. The second-order valence-electron chi connectivity index (χ2n) is 8.19. The molecule has 0 amide bonds. The summed E-state index contributed by atoms with van der Waals surface area (Å²) in [6.45, 7) is 8.20. The first-order valence-corrected chi connectivity index (χ1v) is 14.0. The number of para-hydroxylation sites is 1. The molecule has 0 saturated heterocycles. The predicted octanol–water partition coefficient (Wildman–Crippen LogP) is 4.38. The summed E-state index contributed by atoms with van der Waals surface area (Å²) in [5.41, 5.74) is 0. The highest BCUT2D eigenvalue weighted by Crippen LogP contribution is 2.26. The van der Waals surface area contributed by atoms with Crippen LogP contribution >= 0.6 is 0 Å². The molecule has 32 heavy (non-hydrogen) atoms. The summed E-state index contributed by atoms with van der Waals surface area (Å²) in [6.07, 6.45) is 6.69. The van der Waals surface area contributed by atoms with Gasteiger partial charge in [-0.25, -0.2) is 0 Å². The van der Waals surface area contributed by atoms with Gasteiger partial charge in [-0.1, -0.05) is 37.5 Å². The third kappa shape index (κ3) is 8.82.